The number of aryl methyl sites for hydroxylation is 1. The van der Waals surface area contributed by atoms with Gasteiger partial charge in [0.05, 0.1) is 11.3 Å². The summed E-state index contributed by atoms with van der Waals surface area (Å²) in [6, 6.07) is 4.82. The standard InChI is InChI=1S/C15H17NO4/c1-3-8-20-15(19)16-10(2)4-5-11-9-12(14(17)18)6-7-13(11)16/h3,6-7,9-10H,1,4-5,8H2,2H3,(H,17,18). The lowest BCUT2D eigenvalue weighted by Crippen LogP contribution is -2.42. The van der Waals surface area contributed by atoms with Crippen LogP contribution in [0.3, 0.4) is 0 Å². The van der Waals surface area contributed by atoms with Gasteiger partial charge in [-0.2, -0.15) is 0 Å². The zero-order chi connectivity index (χ0) is 14.7. The second-order valence-electron chi connectivity index (χ2n) is 4.77. The van der Waals surface area contributed by atoms with Crippen LogP contribution in [0.2, 0.25) is 0 Å². The summed E-state index contributed by atoms with van der Waals surface area (Å²) in [6.07, 6.45) is 2.62. The molecule has 1 aromatic carbocycles. The summed E-state index contributed by atoms with van der Waals surface area (Å²) in [5, 5.41) is 9.01. The first kappa shape index (κ1) is 14.1. The third kappa shape index (κ3) is 2.66. The molecular formula is C15H17NO4. The van der Waals surface area contributed by atoms with E-state index in [1.54, 1.807) is 17.0 Å². The molecule has 1 amide bonds. The van der Waals surface area contributed by atoms with Crippen molar-refractivity contribution in [1.82, 2.24) is 0 Å². The monoisotopic (exact) mass is 275 g/mol. The molecule has 0 aliphatic carbocycles. The first-order valence-corrected chi connectivity index (χ1v) is 6.47. The van der Waals surface area contributed by atoms with Gasteiger partial charge in [0, 0.05) is 6.04 Å². The smallest absolute Gasteiger partial charge is 0.414 e. The van der Waals surface area contributed by atoms with Gasteiger partial charge in [0.1, 0.15) is 6.61 Å². The van der Waals surface area contributed by atoms with E-state index in [0.717, 1.165) is 24.1 Å². The number of carbonyl (C=O) groups excluding carboxylic acids is 1. The number of carboxylic acid groups (broad SMARTS) is 1. The van der Waals surface area contributed by atoms with E-state index in [-0.39, 0.29) is 18.2 Å². The number of amides is 1. The van der Waals surface area contributed by atoms with Crippen molar-refractivity contribution >= 4 is 17.7 Å². The second-order valence-corrected chi connectivity index (χ2v) is 4.77. The van der Waals surface area contributed by atoms with E-state index in [0.29, 0.717) is 0 Å². The molecule has 0 fully saturated rings. The van der Waals surface area contributed by atoms with Gasteiger partial charge in [-0.15, -0.1) is 0 Å². The minimum atomic E-state index is -0.966. The molecule has 1 unspecified atom stereocenters. The second kappa shape index (κ2) is 5.77. The highest BCUT2D eigenvalue weighted by Gasteiger charge is 2.29. The molecular weight excluding hydrogens is 258 g/mol. The van der Waals surface area contributed by atoms with Crippen molar-refractivity contribution in [3.05, 3.63) is 42.0 Å². The summed E-state index contributed by atoms with van der Waals surface area (Å²) in [4.78, 5) is 24.7. The van der Waals surface area contributed by atoms with Crippen molar-refractivity contribution in [2.24, 2.45) is 0 Å². The highest BCUT2D eigenvalue weighted by Crippen LogP contribution is 2.32. The van der Waals surface area contributed by atoms with E-state index in [1.165, 1.54) is 12.1 Å². The Hall–Kier alpha value is -2.30. The number of aromatic carboxylic acids is 1. The molecule has 1 aliphatic rings. The number of fused-ring (bicyclic) bond motifs is 1. The van der Waals surface area contributed by atoms with Crippen molar-refractivity contribution in [2.45, 2.75) is 25.8 Å². The minimum absolute atomic E-state index is 0.0236. The van der Waals surface area contributed by atoms with Crippen LogP contribution in [0.4, 0.5) is 10.5 Å². The van der Waals surface area contributed by atoms with Crippen molar-refractivity contribution < 1.29 is 19.4 Å². The molecule has 1 aromatic rings. The Morgan fingerprint density at radius 1 is 1.55 bits per heavy atom. The molecule has 2 rings (SSSR count). The third-order valence-electron chi connectivity index (χ3n) is 3.38. The van der Waals surface area contributed by atoms with Crippen molar-refractivity contribution in [3.8, 4) is 0 Å². The molecule has 20 heavy (non-hydrogen) atoms. The van der Waals surface area contributed by atoms with Crippen LogP contribution in [-0.2, 0) is 11.2 Å². The zero-order valence-corrected chi connectivity index (χ0v) is 11.3. The number of benzene rings is 1. The predicted octanol–water partition coefficient (Wildman–Crippen LogP) is 2.85. The minimum Gasteiger partial charge on any atom is -0.478 e. The molecule has 0 spiro atoms. The SMILES string of the molecule is C=CCOC(=O)N1c2ccc(C(=O)O)cc2CCC1C. The summed E-state index contributed by atoms with van der Waals surface area (Å²) < 4.78 is 5.09. The Morgan fingerprint density at radius 3 is 2.95 bits per heavy atom. The van der Waals surface area contributed by atoms with Crippen molar-refractivity contribution in [1.29, 1.82) is 0 Å². The molecule has 1 atom stereocenters. The average molecular weight is 275 g/mol. The maximum Gasteiger partial charge on any atom is 0.414 e. The fraction of sp³-hybridized carbons (Fsp3) is 0.333. The van der Waals surface area contributed by atoms with Gasteiger partial charge in [-0.05, 0) is 43.5 Å². The molecule has 0 bridgehead atoms. The highest BCUT2D eigenvalue weighted by atomic mass is 16.6. The van der Waals surface area contributed by atoms with Crippen LogP contribution in [0.15, 0.2) is 30.9 Å². The molecule has 5 heteroatoms. The van der Waals surface area contributed by atoms with E-state index in [2.05, 4.69) is 6.58 Å². The first-order chi connectivity index (χ1) is 9.54. The predicted molar refractivity (Wildman–Crippen MR) is 75.2 cm³/mol. The normalized spacial score (nSPS) is 17.2. The van der Waals surface area contributed by atoms with Gasteiger partial charge in [-0.1, -0.05) is 12.7 Å². The lowest BCUT2D eigenvalue weighted by atomic mass is 9.95. The van der Waals surface area contributed by atoms with Crippen LogP contribution in [0.5, 0.6) is 0 Å². The number of hydrogen-bond donors (Lipinski definition) is 1. The molecule has 1 aliphatic heterocycles. The van der Waals surface area contributed by atoms with Gasteiger partial charge in [-0.3, -0.25) is 4.90 Å². The summed E-state index contributed by atoms with van der Waals surface area (Å²) in [5.74, 6) is -0.966. The Balaban J connectivity index is 2.34. The number of hydrogen-bond acceptors (Lipinski definition) is 3. The van der Waals surface area contributed by atoms with Gasteiger partial charge in [0.15, 0.2) is 0 Å². The molecule has 1 N–H and O–H groups in total. The number of rotatable bonds is 3. The van der Waals surface area contributed by atoms with E-state index in [9.17, 15) is 9.59 Å². The highest BCUT2D eigenvalue weighted by molar-refractivity contribution is 5.93. The molecule has 0 radical (unpaired) electrons. The quantitative estimate of drug-likeness (QED) is 0.861. The average Bonchev–Trinajstić information content (AvgIpc) is 2.44. The topological polar surface area (TPSA) is 66.8 Å². The van der Waals surface area contributed by atoms with E-state index >= 15 is 0 Å². The Bertz CT molecular complexity index is 553. The summed E-state index contributed by atoms with van der Waals surface area (Å²) in [6.45, 7) is 5.62. The zero-order valence-electron chi connectivity index (χ0n) is 11.3. The van der Waals surface area contributed by atoms with Crippen LogP contribution >= 0.6 is 0 Å². The van der Waals surface area contributed by atoms with Crippen LogP contribution in [-0.4, -0.2) is 29.8 Å². The summed E-state index contributed by atoms with van der Waals surface area (Å²) in [5.41, 5.74) is 1.82. The van der Waals surface area contributed by atoms with Crippen LogP contribution < -0.4 is 4.90 Å². The molecule has 0 aromatic heterocycles. The largest absolute Gasteiger partial charge is 0.478 e. The Kier molecular flexibility index (Phi) is 4.08. The van der Waals surface area contributed by atoms with E-state index in [1.807, 2.05) is 6.92 Å². The molecule has 5 nitrogen and oxygen atoms in total. The van der Waals surface area contributed by atoms with Crippen LogP contribution in [0.25, 0.3) is 0 Å². The fourth-order valence-electron chi connectivity index (χ4n) is 2.36. The van der Waals surface area contributed by atoms with E-state index in [4.69, 9.17) is 9.84 Å². The van der Waals surface area contributed by atoms with Gasteiger partial charge < -0.3 is 9.84 Å². The fourth-order valence-corrected chi connectivity index (χ4v) is 2.36. The number of anilines is 1. The van der Waals surface area contributed by atoms with Gasteiger partial charge >= 0.3 is 12.1 Å². The van der Waals surface area contributed by atoms with E-state index < -0.39 is 12.1 Å². The lowest BCUT2D eigenvalue weighted by molar-refractivity contribution is 0.0696. The lowest BCUT2D eigenvalue weighted by Gasteiger charge is -2.34. The van der Waals surface area contributed by atoms with Crippen molar-refractivity contribution in [2.75, 3.05) is 11.5 Å². The van der Waals surface area contributed by atoms with Crippen LogP contribution in [0, 0.1) is 0 Å². The van der Waals surface area contributed by atoms with Gasteiger partial charge in [-0.25, -0.2) is 9.59 Å². The maximum absolute atomic E-state index is 12.1. The number of carbonyl (C=O) groups is 2. The van der Waals surface area contributed by atoms with Gasteiger partial charge in [0.2, 0.25) is 0 Å². The molecule has 0 saturated carbocycles. The van der Waals surface area contributed by atoms with Crippen molar-refractivity contribution in [3.63, 3.8) is 0 Å². The first-order valence-electron chi connectivity index (χ1n) is 6.47. The summed E-state index contributed by atoms with van der Waals surface area (Å²) in [7, 11) is 0. The number of carboxylic acids is 1. The van der Waals surface area contributed by atoms with Crippen LogP contribution in [0.1, 0.15) is 29.3 Å². The number of ether oxygens (including phenoxy) is 1. The molecule has 106 valence electrons. The Morgan fingerprint density at radius 2 is 2.30 bits per heavy atom. The molecule has 0 saturated heterocycles. The molecule has 1 heterocycles. The Labute approximate surface area is 117 Å². The number of nitrogens with zero attached hydrogens (tertiary/aromatic N) is 1. The third-order valence-corrected chi connectivity index (χ3v) is 3.38. The maximum atomic E-state index is 12.1. The summed E-state index contributed by atoms with van der Waals surface area (Å²) >= 11 is 0. The van der Waals surface area contributed by atoms with Gasteiger partial charge in [0.25, 0.3) is 0 Å².